The minimum absolute atomic E-state index is 0.297. The van der Waals surface area contributed by atoms with Crippen molar-refractivity contribution in [2.45, 2.75) is 13.0 Å². The third kappa shape index (κ3) is 3.61. The molecule has 0 aliphatic carbocycles. The standard InChI is InChI=1S/C16H15BrFNO2/c1-10(13-9-11(17)7-8-14(13)18)19-15-6-4-3-5-12(15)16(20)21-2/h3-10,19H,1-2H3. The molecule has 0 amide bonds. The summed E-state index contributed by atoms with van der Waals surface area (Å²) in [6.45, 7) is 1.83. The van der Waals surface area contributed by atoms with Gasteiger partial charge in [-0.05, 0) is 37.3 Å². The van der Waals surface area contributed by atoms with Crippen molar-refractivity contribution >= 4 is 27.6 Å². The average molecular weight is 352 g/mol. The number of hydrogen-bond donors (Lipinski definition) is 1. The van der Waals surface area contributed by atoms with Gasteiger partial charge < -0.3 is 10.1 Å². The molecule has 0 aliphatic rings. The Labute approximate surface area is 131 Å². The summed E-state index contributed by atoms with van der Waals surface area (Å²) in [6, 6.07) is 11.5. The van der Waals surface area contributed by atoms with Crippen molar-refractivity contribution < 1.29 is 13.9 Å². The lowest BCUT2D eigenvalue weighted by molar-refractivity contribution is 0.0602. The van der Waals surface area contributed by atoms with Gasteiger partial charge in [-0.2, -0.15) is 0 Å². The van der Waals surface area contributed by atoms with Gasteiger partial charge in [0.25, 0.3) is 0 Å². The maximum atomic E-state index is 13.9. The van der Waals surface area contributed by atoms with Gasteiger partial charge in [0.15, 0.2) is 0 Å². The number of carbonyl (C=O) groups excluding carboxylic acids is 1. The molecule has 1 N–H and O–H groups in total. The largest absolute Gasteiger partial charge is 0.465 e. The summed E-state index contributed by atoms with van der Waals surface area (Å²) in [6.07, 6.45) is 0. The molecule has 0 fully saturated rings. The quantitative estimate of drug-likeness (QED) is 0.821. The molecule has 2 aromatic rings. The van der Waals surface area contributed by atoms with E-state index in [4.69, 9.17) is 4.74 Å². The molecule has 2 aromatic carbocycles. The van der Waals surface area contributed by atoms with E-state index in [1.54, 1.807) is 36.4 Å². The van der Waals surface area contributed by atoms with Gasteiger partial charge in [-0.1, -0.05) is 28.1 Å². The van der Waals surface area contributed by atoms with Crippen LogP contribution in [0.1, 0.15) is 28.9 Å². The Balaban J connectivity index is 2.30. The van der Waals surface area contributed by atoms with E-state index in [9.17, 15) is 9.18 Å². The minimum atomic E-state index is -0.431. The fourth-order valence-electron chi connectivity index (χ4n) is 2.05. The van der Waals surface area contributed by atoms with Crippen LogP contribution in [0.25, 0.3) is 0 Å². The van der Waals surface area contributed by atoms with Gasteiger partial charge in [0.2, 0.25) is 0 Å². The smallest absolute Gasteiger partial charge is 0.339 e. The summed E-state index contributed by atoms with van der Waals surface area (Å²) >= 11 is 3.33. The molecule has 0 heterocycles. The third-order valence-electron chi connectivity index (χ3n) is 3.13. The summed E-state index contributed by atoms with van der Waals surface area (Å²) < 4.78 is 19.4. The number of hydrogen-bond acceptors (Lipinski definition) is 3. The van der Waals surface area contributed by atoms with Gasteiger partial charge in [-0.3, -0.25) is 0 Å². The zero-order valence-electron chi connectivity index (χ0n) is 11.7. The van der Waals surface area contributed by atoms with Crippen molar-refractivity contribution in [1.29, 1.82) is 0 Å². The monoisotopic (exact) mass is 351 g/mol. The molecule has 110 valence electrons. The van der Waals surface area contributed by atoms with E-state index < -0.39 is 5.97 Å². The van der Waals surface area contributed by atoms with Crippen LogP contribution in [-0.2, 0) is 4.74 Å². The first-order valence-corrected chi connectivity index (χ1v) is 7.21. The molecule has 1 atom stereocenters. The average Bonchev–Trinajstić information content (AvgIpc) is 2.49. The summed E-state index contributed by atoms with van der Waals surface area (Å²) in [4.78, 5) is 11.7. The molecule has 0 bridgehead atoms. The van der Waals surface area contributed by atoms with Crippen LogP contribution in [0.4, 0.5) is 10.1 Å². The lowest BCUT2D eigenvalue weighted by atomic mass is 10.1. The Bertz CT molecular complexity index is 660. The first-order chi connectivity index (χ1) is 10.0. The lowest BCUT2D eigenvalue weighted by Crippen LogP contribution is -2.12. The van der Waals surface area contributed by atoms with Gasteiger partial charge in [-0.25, -0.2) is 9.18 Å². The van der Waals surface area contributed by atoms with Crippen LogP contribution in [0.15, 0.2) is 46.9 Å². The van der Waals surface area contributed by atoms with E-state index in [1.807, 2.05) is 6.92 Å². The fourth-order valence-corrected chi connectivity index (χ4v) is 2.43. The molecule has 1 unspecified atom stereocenters. The highest BCUT2D eigenvalue weighted by Gasteiger charge is 2.16. The predicted octanol–water partition coefficient (Wildman–Crippen LogP) is 4.55. The summed E-state index contributed by atoms with van der Waals surface area (Å²) in [5.74, 6) is -0.728. The normalized spacial score (nSPS) is 11.8. The van der Waals surface area contributed by atoms with Gasteiger partial charge in [0.05, 0.1) is 18.7 Å². The van der Waals surface area contributed by atoms with Crippen molar-refractivity contribution in [3.8, 4) is 0 Å². The first-order valence-electron chi connectivity index (χ1n) is 6.41. The Kier molecular flexibility index (Phi) is 4.96. The number of benzene rings is 2. The van der Waals surface area contributed by atoms with Gasteiger partial charge >= 0.3 is 5.97 Å². The van der Waals surface area contributed by atoms with Crippen LogP contribution in [0.5, 0.6) is 0 Å². The molecule has 21 heavy (non-hydrogen) atoms. The second kappa shape index (κ2) is 6.72. The van der Waals surface area contributed by atoms with Crippen molar-refractivity contribution in [1.82, 2.24) is 0 Å². The second-order valence-electron chi connectivity index (χ2n) is 4.57. The van der Waals surface area contributed by atoms with E-state index in [-0.39, 0.29) is 11.9 Å². The van der Waals surface area contributed by atoms with Crippen molar-refractivity contribution in [2.24, 2.45) is 0 Å². The molecule has 0 aromatic heterocycles. The number of nitrogens with one attached hydrogen (secondary N) is 1. The Morgan fingerprint density at radius 1 is 1.29 bits per heavy atom. The maximum Gasteiger partial charge on any atom is 0.339 e. The molecular weight excluding hydrogens is 337 g/mol. The molecule has 0 aliphatic heterocycles. The zero-order valence-corrected chi connectivity index (χ0v) is 13.3. The third-order valence-corrected chi connectivity index (χ3v) is 3.62. The number of ether oxygens (including phenoxy) is 1. The van der Waals surface area contributed by atoms with E-state index in [2.05, 4.69) is 21.2 Å². The van der Waals surface area contributed by atoms with Crippen LogP contribution >= 0.6 is 15.9 Å². The molecule has 0 radical (unpaired) electrons. The number of esters is 1. The molecule has 0 saturated heterocycles. The lowest BCUT2D eigenvalue weighted by Gasteiger charge is -2.18. The summed E-state index contributed by atoms with van der Waals surface area (Å²) in [5.41, 5.74) is 1.54. The van der Waals surface area contributed by atoms with E-state index in [0.29, 0.717) is 16.8 Å². The van der Waals surface area contributed by atoms with Crippen molar-refractivity contribution in [3.63, 3.8) is 0 Å². The highest BCUT2D eigenvalue weighted by atomic mass is 79.9. The molecule has 0 saturated carbocycles. The van der Waals surface area contributed by atoms with E-state index in [0.717, 1.165) is 4.47 Å². The Morgan fingerprint density at radius 2 is 2.00 bits per heavy atom. The van der Waals surface area contributed by atoms with Crippen molar-refractivity contribution in [3.05, 3.63) is 63.9 Å². The minimum Gasteiger partial charge on any atom is -0.465 e. The fraction of sp³-hybridized carbons (Fsp3) is 0.188. The Hall–Kier alpha value is -1.88. The molecule has 2 rings (SSSR count). The first kappa shape index (κ1) is 15.5. The molecule has 0 spiro atoms. The molecule has 5 heteroatoms. The van der Waals surface area contributed by atoms with Gasteiger partial charge in [0, 0.05) is 15.7 Å². The van der Waals surface area contributed by atoms with Crippen LogP contribution in [-0.4, -0.2) is 13.1 Å². The number of methoxy groups -OCH3 is 1. The summed E-state index contributed by atoms with van der Waals surface area (Å²) in [5, 5.41) is 3.15. The van der Waals surface area contributed by atoms with Crippen LogP contribution in [0.2, 0.25) is 0 Å². The SMILES string of the molecule is COC(=O)c1ccccc1NC(C)c1cc(Br)ccc1F. The van der Waals surface area contributed by atoms with Gasteiger partial charge in [-0.15, -0.1) is 0 Å². The summed E-state index contributed by atoms with van der Waals surface area (Å²) in [7, 11) is 1.33. The van der Waals surface area contributed by atoms with E-state index in [1.165, 1.54) is 13.2 Å². The van der Waals surface area contributed by atoms with E-state index >= 15 is 0 Å². The second-order valence-corrected chi connectivity index (χ2v) is 5.48. The topological polar surface area (TPSA) is 38.3 Å². The molecular formula is C16H15BrFNO2. The number of rotatable bonds is 4. The van der Waals surface area contributed by atoms with Crippen LogP contribution in [0, 0.1) is 5.82 Å². The molecule has 3 nitrogen and oxygen atoms in total. The van der Waals surface area contributed by atoms with Crippen LogP contribution < -0.4 is 5.32 Å². The zero-order chi connectivity index (χ0) is 15.4. The number of para-hydroxylation sites is 1. The van der Waals surface area contributed by atoms with Crippen LogP contribution in [0.3, 0.4) is 0 Å². The number of carbonyl (C=O) groups is 1. The van der Waals surface area contributed by atoms with Gasteiger partial charge in [0.1, 0.15) is 5.82 Å². The maximum absolute atomic E-state index is 13.9. The highest BCUT2D eigenvalue weighted by Crippen LogP contribution is 2.26. The van der Waals surface area contributed by atoms with Crippen molar-refractivity contribution in [2.75, 3.05) is 12.4 Å². The Morgan fingerprint density at radius 3 is 2.71 bits per heavy atom. The predicted molar refractivity (Wildman–Crippen MR) is 83.9 cm³/mol. The number of anilines is 1. The number of halogens is 2. The highest BCUT2D eigenvalue weighted by molar-refractivity contribution is 9.10.